The van der Waals surface area contributed by atoms with Gasteiger partial charge in [-0.1, -0.05) is 6.07 Å². The fraction of sp³-hybridized carbons (Fsp3) is 0.462. The summed E-state index contributed by atoms with van der Waals surface area (Å²) < 4.78 is 11.6. The SMILES string of the molecule is CC1(C)OB(c2ccc(O)cc2C(=O)O)OC1(C)C. The lowest BCUT2D eigenvalue weighted by Gasteiger charge is -2.32. The van der Waals surface area contributed by atoms with Crippen molar-refractivity contribution >= 4 is 18.6 Å². The Bertz CT molecular complexity index is 508. The number of aromatic carboxylic acids is 1. The van der Waals surface area contributed by atoms with Gasteiger partial charge in [0.05, 0.1) is 16.8 Å². The van der Waals surface area contributed by atoms with Gasteiger partial charge in [-0.25, -0.2) is 4.79 Å². The van der Waals surface area contributed by atoms with Crippen LogP contribution in [0.3, 0.4) is 0 Å². The van der Waals surface area contributed by atoms with E-state index in [0.29, 0.717) is 5.46 Å². The molecule has 1 aliphatic rings. The molecule has 0 radical (unpaired) electrons. The minimum Gasteiger partial charge on any atom is -0.508 e. The quantitative estimate of drug-likeness (QED) is 0.789. The lowest BCUT2D eigenvalue weighted by atomic mass is 9.76. The molecule has 1 saturated heterocycles. The van der Waals surface area contributed by atoms with Crippen molar-refractivity contribution in [3.63, 3.8) is 0 Å². The number of rotatable bonds is 2. The minimum atomic E-state index is -1.12. The topological polar surface area (TPSA) is 76.0 Å². The largest absolute Gasteiger partial charge is 0.508 e. The van der Waals surface area contributed by atoms with Gasteiger partial charge in [0.2, 0.25) is 0 Å². The van der Waals surface area contributed by atoms with Crippen molar-refractivity contribution in [2.24, 2.45) is 0 Å². The number of hydrogen-bond donors (Lipinski definition) is 2. The average Bonchev–Trinajstić information content (AvgIpc) is 2.47. The number of carboxylic acids is 1. The molecule has 0 spiro atoms. The number of phenols is 1. The molecule has 0 aromatic heterocycles. The van der Waals surface area contributed by atoms with Crippen molar-refractivity contribution in [3.05, 3.63) is 23.8 Å². The standard InChI is InChI=1S/C13H17BO5/c1-12(2)13(3,4)19-14(18-12)10-6-5-8(15)7-9(10)11(16)17/h5-7,15H,1-4H3,(H,16,17). The van der Waals surface area contributed by atoms with Gasteiger partial charge in [0.25, 0.3) is 0 Å². The maximum absolute atomic E-state index is 11.2. The zero-order valence-corrected chi connectivity index (χ0v) is 11.4. The first-order valence-electron chi connectivity index (χ1n) is 6.06. The van der Waals surface area contributed by atoms with Crippen LogP contribution in [-0.2, 0) is 9.31 Å². The average molecular weight is 264 g/mol. The van der Waals surface area contributed by atoms with Crippen molar-refractivity contribution in [1.29, 1.82) is 0 Å². The first-order valence-corrected chi connectivity index (χ1v) is 6.06. The van der Waals surface area contributed by atoms with Gasteiger partial charge in [-0.2, -0.15) is 0 Å². The molecule has 0 atom stereocenters. The summed E-state index contributed by atoms with van der Waals surface area (Å²) in [4.78, 5) is 11.2. The number of carbonyl (C=O) groups is 1. The van der Waals surface area contributed by atoms with Gasteiger partial charge in [-0.15, -0.1) is 0 Å². The van der Waals surface area contributed by atoms with E-state index in [9.17, 15) is 15.0 Å². The molecule has 6 heteroatoms. The van der Waals surface area contributed by atoms with Gasteiger partial charge >= 0.3 is 13.1 Å². The Kier molecular flexibility index (Phi) is 3.11. The van der Waals surface area contributed by atoms with Gasteiger partial charge in [-0.05, 0) is 45.3 Å². The fourth-order valence-corrected chi connectivity index (χ4v) is 1.91. The number of phenolic OH excluding ortho intramolecular Hbond substituents is 1. The molecule has 5 nitrogen and oxygen atoms in total. The molecule has 2 N–H and O–H groups in total. The third-order valence-electron chi connectivity index (χ3n) is 3.77. The molecule has 0 unspecified atom stereocenters. The van der Waals surface area contributed by atoms with Gasteiger partial charge < -0.3 is 19.5 Å². The van der Waals surface area contributed by atoms with Crippen LogP contribution in [0.5, 0.6) is 5.75 Å². The fourth-order valence-electron chi connectivity index (χ4n) is 1.91. The summed E-state index contributed by atoms with van der Waals surface area (Å²) >= 11 is 0. The molecule has 0 aliphatic carbocycles. The highest BCUT2D eigenvalue weighted by atomic mass is 16.7. The molecular weight excluding hydrogens is 247 g/mol. The molecular formula is C13H17BO5. The smallest absolute Gasteiger partial charge is 0.495 e. The summed E-state index contributed by atoms with van der Waals surface area (Å²) in [7, 11) is -0.753. The van der Waals surface area contributed by atoms with E-state index in [0.717, 1.165) is 0 Å². The molecule has 2 rings (SSSR count). The van der Waals surface area contributed by atoms with Gasteiger partial charge in [0.1, 0.15) is 5.75 Å². The molecule has 0 saturated carbocycles. The van der Waals surface area contributed by atoms with E-state index in [4.69, 9.17) is 9.31 Å². The van der Waals surface area contributed by atoms with Crippen molar-refractivity contribution in [2.45, 2.75) is 38.9 Å². The van der Waals surface area contributed by atoms with Crippen LogP contribution in [0.25, 0.3) is 0 Å². The van der Waals surface area contributed by atoms with Crippen molar-refractivity contribution in [1.82, 2.24) is 0 Å². The van der Waals surface area contributed by atoms with Crippen LogP contribution >= 0.6 is 0 Å². The summed E-state index contributed by atoms with van der Waals surface area (Å²) in [5, 5.41) is 18.6. The lowest BCUT2D eigenvalue weighted by Crippen LogP contribution is -2.41. The van der Waals surface area contributed by atoms with E-state index in [2.05, 4.69) is 0 Å². The Morgan fingerprint density at radius 2 is 1.68 bits per heavy atom. The van der Waals surface area contributed by atoms with E-state index in [-0.39, 0.29) is 11.3 Å². The molecule has 1 heterocycles. The Hall–Kier alpha value is -1.53. The van der Waals surface area contributed by atoms with E-state index < -0.39 is 24.3 Å². The predicted molar refractivity (Wildman–Crippen MR) is 70.8 cm³/mol. The Morgan fingerprint density at radius 1 is 1.16 bits per heavy atom. The van der Waals surface area contributed by atoms with Crippen LogP contribution in [-0.4, -0.2) is 34.5 Å². The Balaban J connectivity index is 2.42. The zero-order chi connectivity index (χ0) is 14.4. The summed E-state index contributed by atoms with van der Waals surface area (Å²) in [5.41, 5.74) is -0.682. The van der Waals surface area contributed by atoms with E-state index in [1.807, 2.05) is 27.7 Å². The molecule has 0 bridgehead atoms. The van der Waals surface area contributed by atoms with E-state index in [1.54, 1.807) is 0 Å². The summed E-state index contributed by atoms with van der Waals surface area (Å²) in [6.45, 7) is 7.59. The van der Waals surface area contributed by atoms with Crippen LogP contribution in [0.4, 0.5) is 0 Å². The molecule has 1 aromatic rings. The molecule has 0 amide bonds. The number of aromatic hydroxyl groups is 1. The third kappa shape index (κ3) is 2.33. The molecule has 1 aromatic carbocycles. The van der Waals surface area contributed by atoms with E-state index >= 15 is 0 Å². The van der Waals surface area contributed by atoms with Gasteiger partial charge in [0.15, 0.2) is 0 Å². The number of carboxylic acid groups (broad SMARTS) is 1. The van der Waals surface area contributed by atoms with Gasteiger partial charge in [-0.3, -0.25) is 0 Å². The highest BCUT2D eigenvalue weighted by Crippen LogP contribution is 2.36. The van der Waals surface area contributed by atoms with Gasteiger partial charge in [0, 0.05) is 0 Å². The van der Waals surface area contributed by atoms with Crippen LogP contribution in [0.1, 0.15) is 38.1 Å². The lowest BCUT2D eigenvalue weighted by molar-refractivity contribution is 0.00578. The van der Waals surface area contributed by atoms with Crippen LogP contribution in [0.2, 0.25) is 0 Å². The highest BCUT2D eigenvalue weighted by molar-refractivity contribution is 6.63. The molecule has 102 valence electrons. The number of benzene rings is 1. The van der Waals surface area contributed by atoms with Crippen molar-refractivity contribution in [2.75, 3.05) is 0 Å². The minimum absolute atomic E-state index is 0.0153. The Labute approximate surface area is 112 Å². The van der Waals surface area contributed by atoms with Crippen molar-refractivity contribution in [3.8, 4) is 5.75 Å². The second-order valence-corrected chi connectivity index (χ2v) is 5.66. The van der Waals surface area contributed by atoms with Crippen LogP contribution < -0.4 is 5.46 Å². The normalized spacial score (nSPS) is 20.5. The van der Waals surface area contributed by atoms with Crippen molar-refractivity contribution < 1.29 is 24.3 Å². The summed E-state index contributed by atoms with van der Waals surface area (Å²) in [6.07, 6.45) is 0. The highest BCUT2D eigenvalue weighted by Gasteiger charge is 2.52. The van der Waals surface area contributed by atoms with Crippen LogP contribution in [0.15, 0.2) is 18.2 Å². The number of hydrogen-bond acceptors (Lipinski definition) is 4. The second kappa shape index (κ2) is 4.25. The van der Waals surface area contributed by atoms with Crippen LogP contribution in [0, 0.1) is 0 Å². The summed E-state index contributed by atoms with van der Waals surface area (Å²) in [5.74, 6) is -1.22. The first kappa shape index (κ1) is 13.9. The summed E-state index contributed by atoms with van der Waals surface area (Å²) in [6, 6.07) is 4.14. The van der Waals surface area contributed by atoms with E-state index in [1.165, 1.54) is 18.2 Å². The molecule has 19 heavy (non-hydrogen) atoms. The Morgan fingerprint density at radius 3 is 2.16 bits per heavy atom. The molecule has 1 aliphatic heterocycles. The second-order valence-electron chi connectivity index (χ2n) is 5.66. The monoisotopic (exact) mass is 264 g/mol. The third-order valence-corrected chi connectivity index (χ3v) is 3.77. The maximum atomic E-state index is 11.2. The zero-order valence-electron chi connectivity index (χ0n) is 11.4. The predicted octanol–water partition coefficient (Wildman–Crippen LogP) is 1.39. The maximum Gasteiger partial charge on any atom is 0.495 e. The molecule has 1 fully saturated rings. The first-order chi connectivity index (χ1) is 8.64.